The van der Waals surface area contributed by atoms with Crippen molar-refractivity contribution < 1.29 is 0 Å². The molecule has 0 unspecified atom stereocenters. The Morgan fingerprint density at radius 2 is 0.580 bits per heavy atom. The third-order valence-electron chi connectivity index (χ3n) is 8.64. The van der Waals surface area contributed by atoms with Crippen molar-refractivity contribution in [3.8, 4) is 0 Å². The summed E-state index contributed by atoms with van der Waals surface area (Å²) in [6.45, 7) is 22.9. The lowest BCUT2D eigenvalue weighted by atomic mass is 10.1. The van der Waals surface area contributed by atoms with Crippen LogP contribution in [0.3, 0.4) is 0 Å². The Bertz CT molecular complexity index is 1290. The molecular formula is C37H69N9O4. The number of anilines is 4. The van der Waals surface area contributed by atoms with E-state index >= 15 is 0 Å². The van der Waals surface area contributed by atoms with Gasteiger partial charge in [-0.15, -0.1) is 0 Å². The van der Waals surface area contributed by atoms with E-state index in [2.05, 4.69) is 102 Å². The lowest BCUT2D eigenvalue weighted by molar-refractivity contribution is 0.315. The van der Waals surface area contributed by atoms with Gasteiger partial charge in [-0.1, -0.05) is 0 Å². The molecule has 0 aliphatic carbocycles. The van der Waals surface area contributed by atoms with Crippen LogP contribution in [-0.2, 0) is 0 Å². The molecule has 0 amide bonds. The maximum atomic E-state index is 12.2. The zero-order chi connectivity index (χ0) is 37.3. The smallest absolute Gasteiger partial charge is 0.253 e. The molecule has 2 rings (SSSR count). The van der Waals surface area contributed by atoms with Crippen molar-refractivity contribution in [2.45, 2.75) is 91.1 Å². The molecule has 0 saturated carbocycles. The van der Waals surface area contributed by atoms with Crippen molar-refractivity contribution in [1.82, 2.24) is 25.3 Å². The summed E-state index contributed by atoms with van der Waals surface area (Å²) in [6, 6.07) is 0. The second-order valence-corrected chi connectivity index (χ2v) is 15.9. The van der Waals surface area contributed by atoms with Crippen molar-refractivity contribution in [3.05, 3.63) is 40.9 Å². The van der Waals surface area contributed by atoms with Crippen LogP contribution in [-0.4, -0.2) is 125 Å². The van der Waals surface area contributed by atoms with Crippen molar-refractivity contribution in [3.63, 3.8) is 0 Å². The minimum atomic E-state index is -0.449. The fourth-order valence-corrected chi connectivity index (χ4v) is 5.67. The van der Waals surface area contributed by atoms with Crippen LogP contribution in [0.1, 0.15) is 80.1 Å². The molecule has 0 aromatic heterocycles. The molecule has 286 valence electrons. The highest BCUT2D eigenvalue weighted by Gasteiger charge is 2.21. The molecule has 2 aromatic rings. The Morgan fingerprint density at radius 3 is 0.780 bits per heavy atom. The summed E-state index contributed by atoms with van der Waals surface area (Å²) in [7, 11) is 6.25. The fourth-order valence-electron chi connectivity index (χ4n) is 5.67. The van der Waals surface area contributed by atoms with Crippen LogP contribution in [0.4, 0.5) is 22.7 Å². The van der Waals surface area contributed by atoms with Gasteiger partial charge in [-0.3, -0.25) is 19.2 Å². The van der Waals surface area contributed by atoms with Crippen LogP contribution in [0.25, 0.3) is 0 Å². The molecular weight excluding hydrogens is 634 g/mol. The van der Waals surface area contributed by atoms with Crippen molar-refractivity contribution in [2.24, 2.45) is 0 Å². The van der Waals surface area contributed by atoms with Crippen LogP contribution in [0.5, 0.6) is 0 Å². The molecule has 0 heterocycles. The van der Waals surface area contributed by atoms with E-state index in [1.807, 2.05) is 7.05 Å². The van der Waals surface area contributed by atoms with Crippen molar-refractivity contribution >= 4 is 22.7 Å². The highest BCUT2D eigenvalue weighted by Crippen LogP contribution is 2.15. The second kappa shape index (κ2) is 21.5. The van der Waals surface area contributed by atoms with E-state index in [9.17, 15) is 19.2 Å². The van der Waals surface area contributed by atoms with Crippen molar-refractivity contribution in [1.29, 1.82) is 0 Å². The molecule has 13 heteroatoms. The Balaban J connectivity index is 1.56. The maximum absolute atomic E-state index is 12.2. The molecule has 0 spiro atoms. The Morgan fingerprint density at radius 1 is 0.380 bits per heavy atom. The molecule has 0 radical (unpaired) electrons. The van der Waals surface area contributed by atoms with Gasteiger partial charge in [-0.2, -0.15) is 0 Å². The predicted octanol–water partition coefficient (Wildman–Crippen LogP) is 2.14. The van der Waals surface area contributed by atoms with Crippen molar-refractivity contribution in [2.75, 3.05) is 121 Å². The summed E-state index contributed by atoms with van der Waals surface area (Å²) >= 11 is 0. The summed E-state index contributed by atoms with van der Waals surface area (Å²) in [4.78, 5) is 55.4. The first-order valence-corrected chi connectivity index (χ1v) is 18.7. The van der Waals surface area contributed by atoms with Gasteiger partial charge in [0.25, 0.3) is 21.7 Å². The van der Waals surface area contributed by atoms with Gasteiger partial charge in [-0.25, -0.2) is 0 Å². The third-order valence-corrected chi connectivity index (χ3v) is 8.64. The Labute approximate surface area is 300 Å². The molecule has 0 atom stereocenters. The lowest BCUT2D eigenvalue weighted by Gasteiger charge is -2.22. The highest BCUT2D eigenvalue weighted by atomic mass is 16.2. The van der Waals surface area contributed by atoms with Gasteiger partial charge < -0.3 is 46.6 Å². The normalized spacial score (nSPS) is 12.6. The zero-order valence-electron chi connectivity index (χ0n) is 32.7. The largest absolute Gasteiger partial charge is 0.380 e. The first-order chi connectivity index (χ1) is 23.5. The molecule has 0 bridgehead atoms. The average Bonchev–Trinajstić information content (AvgIpc) is 3.04. The van der Waals surface area contributed by atoms with Gasteiger partial charge in [0.15, 0.2) is 0 Å². The van der Waals surface area contributed by atoms with Gasteiger partial charge in [0.05, 0.1) is 0 Å². The van der Waals surface area contributed by atoms with Gasteiger partial charge in [0, 0.05) is 37.3 Å². The molecule has 0 fully saturated rings. The van der Waals surface area contributed by atoms with E-state index in [1.165, 1.54) is 0 Å². The topological polar surface area (TPSA) is 150 Å². The first-order valence-electron chi connectivity index (χ1n) is 18.7. The van der Waals surface area contributed by atoms with E-state index < -0.39 is 21.7 Å². The predicted molar refractivity (Wildman–Crippen MR) is 212 cm³/mol. The second-order valence-electron chi connectivity index (χ2n) is 15.9. The van der Waals surface area contributed by atoms with Gasteiger partial charge in [0.1, 0.15) is 22.7 Å². The summed E-state index contributed by atoms with van der Waals surface area (Å²) in [5.74, 6) is 0. The van der Waals surface area contributed by atoms with Crippen LogP contribution in [0.15, 0.2) is 19.2 Å². The summed E-state index contributed by atoms with van der Waals surface area (Å²) < 4.78 is 0. The minimum Gasteiger partial charge on any atom is -0.380 e. The quantitative estimate of drug-likeness (QED) is 0.0568. The fraction of sp³-hybridized carbons (Fsp3) is 0.784. The number of nitrogens with one attached hydrogen (secondary N) is 6. The Hall–Kier alpha value is -2.84. The van der Waals surface area contributed by atoms with E-state index in [-0.39, 0.29) is 11.1 Å². The standard InChI is InChI=1S/C37H69N9O4/c1-36(2,3)42-20-14-26-45(8)24-12-18-40-30-28(32(47)34(30)49)38-16-10-22-44(7)23-11-17-39-29-31(35(50)33(29)48)41-19-13-25-46(9)27-15-21-43-37(4,5)6/h38-43H,10-27H2,1-9H3. The number of nitrogens with zero attached hydrogens (tertiary/aromatic N) is 3. The summed E-state index contributed by atoms with van der Waals surface area (Å²) in [6.07, 6.45) is 5.55. The molecule has 6 N–H and O–H groups in total. The van der Waals surface area contributed by atoms with Gasteiger partial charge >= 0.3 is 0 Å². The van der Waals surface area contributed by atoms with Crippen LogP contribution < -0.4 is 53.6 Å². The molecule has 0 aliphatic rings. The monoisotopic (exact) mass is 704 g/mol. The molecule has 0 saturated heterocycles. The van der Waals surface area contributed by atoms with E-state index in [1.54, 1.807) is 0 Å². The lowest BCUT2D eigenvalue weighted by Crippen LogP contribution is -2.38. The number of hydrogen-bond donors (Lipinski definition) is 6. The summed E-state index contributed by atoms with van der Waals surface area (Å²) in [5.41, 5.74) is 0.0999. The molecule has 13 nitrogen and oxygen atoms in total. The molecule has 0 aliphatic heterocycles. The third kappa shape index (κ3) is 16.5. The first kappa shape index (κ1) is 43.3. The van der Waals surface area contributed by atoms with Gasteiger partial charge in [-0.05, 0) is 154 Å². The highest BCUT2D eigenvalue weighted by molar-refractivity contribution is 5.74. The minimum absolute atomic E-state index is 0.134. The van der Waals surface area contributed by atoms with Gasteiger partial charge in [0.2, 0.25) is 0 Å². The maximum Gasteiger partial charge on any atom is 0.253 e. The summed E-state index contributed by atoms with van der Waals surface area (Å²) in [5, 5.41) is 19.7. The van der Waals surface area contributed by atoms with E-state index in [4.69, 9.17) is 0 Å². The number of rotatable bonds is 28. The van der Waals surface area contributed by atoms with E-state index in [0.717, 1.165) is 90.9 Å². The number of hydrogen-bond acceptors (Lipinski definition) is 13. The van der Waals surface area contributed by atoms with E-state index in [0.29, 0.717) is 48.9 Å². The average molecular weight is 704 g/mol. The zero-order valence-corrected chi connectivity index (χ0v) is 32.7. The van der Waals surface area contributed by atoms with Crippen LogP contribution >= 0.6 is 0 Å². The SMILES string of the molecule is CN(CCCNc1c(NCCCN(C)CCCNC(C)(C)C)c(=O)c1=O)CCCNc1c(NCCCN(C)CCCNC(C)(C)C)c(=O)c1=O. The molecule has 50 heavy (non-hydrogen) atoms. The molecule has 2 aromatic carbocycles. The Kier molecular flexibility index (Phi) is 18.6. The van der Waals surface area contributed by atoms with Crippen LogP contribution in [0.2, 0.25) is 0 Å². The van der Waals surface area contributed by atoms with Crippen LogP contribution in [0, 0.1) is 0 Å².